The highest BCUT2D eigenvalue weighted by atomic mass is 79.9. The second-order valence-electron chi connectivity index (χ2n) is 4.42. The first kappa shape index (κ1) is 17.0. The molecule has 0 aliphatic heterocycles. The minimum absolute atomic E-state index is 0.00954. The van der Waals surface area contributed by atoms with E-state index in [2.05, 4.69) is 42.4 Å². The molecule has 22 heavy (non-hydrogen) atoms. The smallest absolute Gasteiger partial charge is 0.244 e. The summed E-state index contributed by atoms with van der Waals surface area (Å²) in [5.74, 6) is -0.241. The fraction of sp³-hybridized carbons (Fsp3) is 0.0667. The molecular weight excluding hydrogens is 435 g/mol. The van der Waals surface area contributed by atoms with Gasteiger partial charge in [0.25, 0.3) is 0 Å². The van der Waals surface area contributed by atoms with Gasteiger partial charge in [0.2, 0.25) is 5.91 Å². The third-order valence-corrected chi connectivity index (χ3v) is 4.08. The van der Waals surface area contributed by atoms with Gasteiger partial charge in [-0.3, -0.25) is 4.79 Å². The van der Waals surface area contributed by atoms with Gasteiger partial charge >= 0.3 is 0 Å². The van der Waals surface area contributed by atoms with Gasteiger partial charge in [-0.25, -0.2) is 5.43 Å². The number of phenolic OH excluding ortho intramolecular Hbond substituents is 1. The van der Waals surface area contributed by atoms with E-state index in [1.54, 1.807) is 12.1 Å². The number of hydrogen-bond donors (Lipinski definition) is 2. The molecule has 2 aromatic rings. The van der Waals surface area contributed by atoms with Gasteiger partial charge in [-0.15, -0.1) is 0 Å². The summed E-state index contributed by atoms with van der Waals surface area (Å²) in [5.41, 5.74) is 3.69. The number of nitrogens with zero attached hydrogens (tertiary/aromatic N) is 1. The van der Waals surface area contributed by atoms with E-state index in [1.165, 1.54) is 6.21 Å². The van der Waals surface area contributed by atoms with Crippen LogP contribution in [0.4, 0.5) is 0 Å². The molecule has 0 radical (unpaired) electrons. The third kappa shape index (κ3) is 4.83. The quantitative estimate of drug-likeness (QED) is 0.545. The third-order valence-electron chi connectivity index (χ3n) is 2.73. The predicted molar refractivity (Wildman–Crippen MR) is 94.4 cm³/mol. The van der Waals surface area contributed by atoms with Crippen LogP contribution in [0.5, 0.6) is 5.75 Å². The molecule has 0 unspecified atom stereocenters. The Hall–Kier alpha value is -1.37. The molecule has 0 bridgehead atoms. The van der Waals surface area contributed by atoms with Crippen LogP contribution in [0.1, 0.15) is 11.1 Å². The molecule has 0 aromatic heterocycles. The fourth-order valence-corrected chi connectivity index (χ4v) is 2.78. The lowest BCUT2D eigenvalue weighted by atomic mass is 10.1. The Kier molecular flexibility index (Phi) is 5.99. The number of halogens is 3. The minimum atomic E-state index is -0.251. The van der Waals surface area contributed by atoms with Gasteiger partial charge in [0.1, 0.15) is 5.75 Å². The molecule has 114 valence electrons. The van der Waals surface area contributed by atoms with Gasteiger partial charge in [-0.2, -0.15) is 5.10 Å². The number of aromatic hydroxyl groups is 1. The number of carbonyl (C=O) groups is 1. The van der Waals surface area contributed by atoms with Crippen LogP contribution in [0, 0.1) is 0 Å². The fourth-order valence-electron chi connectivity index (χ4n) is 1.69. The highest BCUT2D eigenvalue weighted by molar-refractivity contribution is 9.10. The van der Waals surface area contributed by atoms with Crippen LogP contribution >= 0.6 is 43.5 Å². The van der Waals surface area contributed by atoms with Crippen molar-refractivity contribution in [2.75, 3.05) is 0 Å². The number of rotatable bonds is 4. The Balaban J connectivity index is 1.97. The second kappa shape index (κ2) is 7.76. The second-order valence-corrected chi connectivity index (χ2v) is 6.63. The number of amides is 1. The van der Waals surface area contributed by atoms with Gasteiger partial charge in [0.15, 0.2) is 0 Å². The standard InChI is InChI=1S/C15H11Br2ClN2O2/c16-11-3-1-9(2-4-11)5-14(21)20-19-8-10-6-12(18)7-13(17)15(10)22/h1-4,6-8,22H,5H2,(H,20,21)/b19-8-. The Labute approximate surface area is 149 Å². The summed E-state index contributed by atoms with van der Waals surface area (Å²) in [4.78, 5) is 11.8. The molecule has 0 saturated carbocycles. The maximum atomic E-state index is 11.8. The SMILES string of the molecule is O=C(Cc1ccc(Br)cc1)N/N=C\c1cc(Cl)cc(Br)c1O. The number of hydrogen-bond acceptors (Lipinski definition) is 3. The average molecular weight is 447 g/mol. The van der Waals surface area contributed by atoms with Crippen LogP contribution < -0.4 is 5.43 Å². The van der Waals surface area contributed by atoms with E-state index in [4.69, 9.17) is 11.6 Å². The molecule has 0 saturated heterocycles. The Bertz CT molecular complexity index is 718. The topological polar surface area (TPSA) is 61.7 Å². The van der Waals surface area contributed by atoms with Crippen molar-refractivity contribution in [3.8, 4) is 5.75 Å². The molecule has 0 heterocycles. The molecule has 7 heteroatoms. The van der Waals surface area contributed by atoms with E-state index in [0.29, 0.717) is 15.1 Å². The maximum absolute atomic E-state index is 11.8. The zero-order valence-electron chi connectivity index (χ0n) is 11.2. The van der Waals surface area contributed by atoms with Gasteiger partial charge in [-0.05, 0) is 45.8 Å². The number of hydrazone groups is 1. The lowest BCUT2D eigenvalue weighted by molar-refractivity contribution is -0.120. The average Bonchev–Trinajstić information content (AvgIpc) is 2.46. The van der Waals surface area contributed by atoms with Crippen molar-refractivity contribution in [1.29, 1.82) is 0 Å². The molecule has 4 nitrogen and oxygen atoms in total. The van der Waals surface area contributed by atoms with Gasteiger partial charge in [0, 0.05) is 15.1 Å². The molecule has 2 aromatic carbocycles. The van der Waals surface area contributed by atoms with Crippen molar-refractivity contribution >= 4 is 55.6 Å². The summed E-state index contributed by atoms with van der Waals surface area (Å²) >= 11 is 12.4. The van der Waals surface area contributed by atoms with E-state index >= 15 is 0 Å². The molecule has 1 amide bonds. The number of phenols is 1. The van der Waals surface area contributed by atoms with E-state index in [1.807, 2.05) is 24.3 Å². The largest absolute Gasteiger partial charge is 0.506 e. The van der Waals surface area contributed by atoms with E-state index in [9.17, 15) is 9.90 Å². The first-order valence-electron chi connectivity index (χ1n) is 6.20. The number of benzene rings is 2. The van der Waals surface area contributed by atoms with Crippen LogP contribution in [0.2, 0.25) is 5.02 Å². The summed E-state index contributed by atoms with van der Waals surface area (Å²) in [5, 5.41) is 14.1. The van der Waals surface area contributed by atoms with E-state index in [-0.39, 0.29) is 18.1 Å². The van der Waals surface area contributed by atoms with Gasteiger partial charge in [-0.1, -0.05) is 39.7 Å². The summed E-state index contributed by atoms with van der Waals surface area (Å²) in [7, 11) is 0. The number of nitrogens with one attached hydrogen (secondary N) is 1. The summed E-state index contributed by atoms with van der Waals surface area (Å²) < 4.78 is 1.42. The van der Waals surface area contributed by atoms with Crippen LogP contribution in [0.15, 0.2) is 50.4 Å². The Morgan fingerprint density at radius 1 is 1.27 bits per heavy atom. The Morgan fingerprint density at radius 2 is 1.95 bits per heavy atom. The van der Waals surface area contributed by atoms with Gasteiger partial charge < -0.3 is 5.11 Å². The van der Waals surface area contributed by atoms with Crippen LogP contribution in [-0.2, 0) is 11.2 Å². The predicted octanol–water partition coefficient (Wildman–Crippen LogP) is 4.26. The van der Waals surface area contributed by atoms with Crippen LogP contribution in [0.25, 0.3) is 0 Å². The lowest BCUT2D eigenvalue weighted by Gasteiger charge is -2.03. The normalized spacial score (nSPS) is 10.9. The maximum Gasteiger partial charge on any atom is 0.244 e. The lowest BCUT2D eigenvalue weighted by Crippen LogP contribution is -2.19. The highest BCUT2D eigenvalue weighted by Gasteiger charge is 2.06. The minimum Gasteiger partial charge on any atom is -0.506 e. The highest BCUT2D eigenvalue weighted by Crippen LogP contribution is 2.30. The van der Waals surface area contributed by atoms with E-state index < -0.39 is 0 Å². The van der Waals surface area contributed by atoms with Crippen molar-refractivity contribution in [3.05, 3.63) is 61.5 Å². The summed E-state index contributed by atoms with van der Waals surface area (Å²) in [6.45, 7) is 0. The summed E-state index contributed by atoms with van der Waals surface area (Å²) in [6, 6.07) is 10.6. The molecule has 2 N–H and O–H groups in total. The number of carbonyl (C=O) groups excluding carboxylic acids is 1. The van der Waals surface area contributed by atoms with Crippen molar-refractivity contribution < 1.29 is 9.90 Å². The zero-order chi connectivity index (χ0) is 16.1. The Morgan fingerprint density at radius 3 is 2.64 bits per heavy atom. The molecule has 0 aliphatic rings. The first-order valence-corrected chi connectivity index (χ1v) is 8.16. The van der Waals surface area contributed by atoms with Crippen LogP contribution in [-0.4, -0.2) is 17.2 Å². The molecule has 0 spiro atoms. The monoisotopic (exact) mass is 444 g/mol. The van der Waals surface area contributed by atoms with Crippen molar-refractivity contribution in [2.24, 2.45) is 5.10 Å². The van der Waals surface area contributed by atoms with E-state index in [0.717, 1.165) is 10.0 Å². The summed E-state index contributed by atoms with van der Waals surface area (Å²) in [6.07, 6.45) is 1.56. The molecule has 0 fully saturated rings. The van der Waals surface area contributed by atoms with Crippen molar-refractivity contribution in [1.82, 2.24) is 5.43 Å². The molecule has 0 aliphatic carbocycles. The molecule has 2 rings (SSSR count). The molecular formula is C15H11Br2ClN2O2. The van der Waals surface area contributed by atoms with Crippen LogP contribution in [0.3, 0.4) is 0 Å². The van der Waals surface area contributed by atoms with Crippen molar-refractivity contribution in [3.63, 3.8) is 0 Å². The van der Waals surface area contributed by atoms with Gasteiger partial charge in [0.05, 0.1) is 17.1 Å². The van der Waals surface area contributed by atoms with Crippen molar-refractivity contribution in [2.45, 2.75) is 6.42 Å². The molecule has 0 atom stereocenters. The zero-order valence-corrected chi connectivity index (χ0v) is 15.1. The first-order chi connectivity index (χ1) is 10.5.